The highest BCUT2D eigenvalue weighted by atomic mass is 16.5. The lowest BCUT2D eigenvalue weighted by atomic mass is 9.71. The summed E-state index contributed by atoms with van der Waals surface area (Å²) in [6.45, 7) is 6.01. The molecule has 0 aromatic heterocycles. The first-order chi connectivity index (χ1) is 21.9. The molecular weight excluding hydrogens is 564 g/mol. The Morgan fingerprint density at radius 2 is 1.93 bits per heavy atom. The third-order valence-corrected chi connectivity index (χ3v) is 10.5. The third kappa shape index (κ3) is 8.81. The van der Waals surface area contributed by atoms with Gasteiger partial charge in [0.1, 0.15) is 30.2 Å². The number of benzene rings is 1. The largest absolute Gasteiger partial charge is 0.592 e. The van der Waals surface area contributed by atoms with Gasteiger partial charge >= 0.3 is 0 Å². The van der Waals surface area contributed by atoms with E-state index in [1.807, 2.05) is 25.1 Å². The molecule has 4 aliphatic rings. The lowest BCUT2D eigenvalue weighted by Crippen LogP contribution is -2.35. The zero-order valence-corrected chi connectivity index (χ0v) is 27.6. The topological polar surface area (TPSA) is 104 Å². The number of aliphatic hydroxyl groups is 2. The first kappa shape index (κ1) is 33.7. The molecule has 248 valence electrons. The zero-order valence-electron chi connectivity index (χ0n) is 27.6. The first-order valence-corrected chi connectivity index (χ1v) is 17.7. The van der Waals surface area contributed by atoms with Gasteiger partial charge < -0.3 is 30.1 Å². The number of aryl methyl sites for hydroxylation is 1. The molecule has 4 N–H and O–H groups in total. The van der Waals surface area contributed by atoms with E-state index in [0.29, 0.717) is 30.7 Å². The molecule has 1 aromatic carbocycles. The Morgan fingerprint density at radius 1 is 1.13 bits per heavy atom. The monoisotopic (exact) mass is 620 g/mol. The highest BCUT2D eigenvalue weighted by Gasteiger charge is 2.47. The normalized spacial score (nSPS) is 22.8. The minimum Gasteiger partial charge on any atom is -0.592 e. The fraction of sp³-hybridized carbons (Fsp3) is 0.658. The standard InChI is InChI=1S/C38H56N2O5/c1-3-4-12-35-31(25-41)20-32(45-35)15-13-28-14-16-34(43)36(19-28)44-26-38(17-8-5-9-18-38)37-21-30(23-40-37)33(24-39-22-27(2)42)29-10-6-7-11-29/h14,16,19-21,23,27,29,33,35,39,41-43H,3-13,15,17-18,22,24-26H2,1-2H3/t27-,33+,35?/m0/s1. The van der Waals surface area contributed by atoms with Crippen molar-refractivity contribution in [3.05, 3.63) is 59.2 Å². The van der Waals surface area contributed by atoms with E-state index in [1.54, 1.807) is 6.07 Å². The van der Waals surface area contributed by atoms with Crippen molar-refractivity contribution in [2.75, 3.05) is 26.3 Å². The van der Waals surface area contributed by atoms with Gasteiger partial charge in [-0.1, -0.05) is 70.1 Å². The number of hydrogen-bond acceptors (Lipinski definition) is 7. The van der Waals surface area contributed by atoms with Crippen molar-refractivity contribution in [2.45, 2.75) is 116 Å². The van der Waals surface area contributed by atoms with Gasteiger partial charge in [-0.2, -0.15) is 12.0 Å². The Labute approximate surface area is 271 Å². The lowest BCUT2D eigenvalue weighted by Gasteiger charge is -2.32. The summed E-state index contributed by atoms with van der Waals surface area (Å²) in [6, 6.07) is 5.67. The first-order valence-electron chi connectivity index (χ1n) is 17.7. The number of allylic oxidation sites excluding steroid dienone is 2. The molecule has 2 heterocycles. The van der Waals surface area contributed by atoms with Crippen molar-refractivity contribution in [3.8, 4) is 11.5 Å². The van der Waals surface area contributed by atoms with Gasteiger partial charge in [-0.25, -0.2) is 0 Å². The molecule has 5 rings (SSSR count). The van der Waals surface area contributed by atoms with Crippen LogP contribution in [0.5, 0.6) is 11.5 Å². The number of unbranched alkanes of at least 4 members (excludes halogenated alkanes) is 1. The van der Waals surface area contributed by atoms with E-state index in [4.69, 9.17) is 14.5 Å². The summed E-state index contributed by atoms with van der Waals surface area (Å²) in [6.07, 6.45) is 21.5. The van der Waals surface area contributed by atoms with Crippen LogP contribution in [0.15, 0.2) is 46.8 Å². The second kappa shape index (κ2) is 16.3. The molecule has 0 spiro atoms. The second-order valence-corrected chi connectivity index (χ2v) is 14.0. The van der Waals surface area contributed by atoms with Crippen LogP contribution in [0.2, 0.25) is 0 Å². The van der Waals surface area contributed by atoms with Gasteiger partial charge in [-0.15, -0.1) is 4.99 Å². The Balaban J connectivity index is 1.24. The second-order valence-electron chi connectivity index (χ2n) is 14.0. The van der Waals surface area contributed by atoms with E-state index in [9.17, 15) is 15.3 Å². The number of rotatable bonds is 17. The molecule has 1 unspecified atom stereocenters. The molecule has 45 heavy (non-hydrogen) atoms. The minimum absolute atomic E-state index is 0.00500. The van der Waals surface area contributed by atoms with Gasteiger partial charge in [0.2, 0.25) is 0 Å². The summed E-state index contributed by atoms with van der Waals surface area (Å²) < 4.78 is 12.7. The van der Waals surface area contributed by atoms with Gasteiger partial charge in [0.05, 0.1) is 12.0 Å². The summed E-state index contributed by atoms with van der Waals surface area (Å²) >= 11 is 0. The lowest BCUT2D eigenvalue weighted by molar-refractivity contribution is 0.123. The van der Waals surface area contributed by atoms with Gasteiger partial charge in [-0.3, -0.25) is 0 Å². The number of aromatic hydroxyl groups is 1. The van der Waals surface area contributed by atoms with E-state index in [0.717, 1.165) is 87.3 Å². The van der Waals surface area contributed by atoms with Crippen LogP contribution in [0.4, 0.5) is 0 Å². The Kier molecular flexibility index (Phi) is 12.2. The highest BCUT2D eigenvalue weighted by Crippen LogP contribution is 2.48. The molecule has 0 amide bonds. The molecular formula is C38H56N2O5. The van der Waals surface area contributed by atoms with Crippen LogP contribution < -0.4 is 10.1 Å². The molecule has 0 saturated heterocycles. The van der Waals surface area contributed by atoms with Crippen LogP contribution in [-0.4, -0.2) is 60.0 Å². The maximum absolute atomic E-state index is 10.8. The molecule has 1 aromatic rings. The average molecular weight is 621 g/mol. The summed E-state index contributed by atoms with van der Waals surface area (Å²) in [5, 5.41) is 33.9. The summed E-state index contributed by atoms with van der Waals surface area (Å²) in [5.41, 5.74) is 2.05. The Hall–Kier alpha value is -2.61. The van der Waals surface area contributed by atoms with E-state index >= 15 is 0 Å². The summed E-state index contributed by atoms with van der Waals surface area (Å²) in [5.74, 6) is 4.96. The molecule has 2 fully saturated rings. The van der Waals surface area contributed by atoms with Gasteiger partial charge in [0.25, 0.3) is 0 Å². The molecule has 2 saturated carbocycles. The van der Waals surface area contributed by atoms with Crippen molar-refractivity contribution in [1.82, 2.24) is 5.32 Å². The third-order valence-electron chi connectivity index (χ3n) is 10.5. The van der Waals surface area contributed by atoms with Crippen molar-refractivity contribution in [3.63, 3.8) is 0 Å². The maximum atomic E-state index is 10.8. The number of hydrogen-bond donors (Lipinski definition) is 4. The maximum Gasteiger partial charge on any atom is 0.184 e. The number of nitrogens with zero attached hydrogens (tertiary/aromatic N) is 1. The van der Waals surface area contributed by atoms with Crippen LogP contribution in [0, 0.1) is 29.1 Å². The predicted octanol–water partition coefficient (Wildman–Crippen LogP) is 7.01. The van der Waals surface area contributed by atoms with Crippen LogP contribution in [0.25, 0.3) is 0 Å². The molecule has 0 bridgehead atoms. The van der Waals surface area contributed by atoms with Gasteiger partial charge in [0, 0.05) is 25.8 Å². The number of phenols is 1. The van der Waals surface area contributed by atoms with Crippen LogP contribution in [-0.2, 0) is 11.2 Å². The van der Waals surface area contributed by atoms with Crippen LogP contribution >= 0.6 is 0 Å². The fourth-order valence-electron chi connectivity index (χ4n) is 7.75. The van der Waals surface area contributed by atoms with Gasteiger partial charge in [0.15, 0.2) is 17.2 Å². The number of aliphatic imine (C=N–C) groups is 1. The van der Waals surface area contributed by atoms with Crippen molar-refractivity contribution in [1.29, 1.82) is 0 Å². The molecule has 2 aliphatic carbocycles. The van der Waals surface area contributed by atoms with E-state index < -0.39 is 0 Å². The quantitative estimate of drug-likeness (QED) is 0.140. The highest BCUT2D eigenvalue weighted by molar-refractivity contribution is 5.83. The number of nitrogens with one attached hydrogen (secondary N) is 1. The number of aliphatic hydroxyl groups excluding tert-OH is 2. The van der Waals surface area contributed by atoms with Crippen molar-refractivity contribution < 1.29 is 24.8 Å². The molecule has 2 aliphatic heterocycles. The Morgan fingerprint density at radius 3 is 2.67 bits per heavy atom. The van der Waals surface area contributed by atoms with Crippen LogP contribution in [0.1, 0.15) is 103 Å². The van der Waals surface area contributed by atoms with E-state index in [2.05, 4.69) is 24.5 Å². The smallest absolute Gasteiger partial charge is 0.184 e. The van der Waals surface area contributed by atoms with Crippen LogP contribution in [0.3, 0.4) is 0 Å². The Bertz CT molecular complexity index is 1160. The molecule has 7 heteroatoms. The predicted molar refractivity (Wildman–Crippen MR) is 180 cm³/mol. The molecule has 7 nitrogen and oxygen atoms in total. The summed E-state index contributed by atoms with van der Waals surface area (Å²) in [7, 11) is 0. The number of ether oxygens (including phenoxy) is 2. The van der Waals surface area contributed by atoms with Crippen molar-refractivity contribution in [2.24, 2.45) is 22.2 Å². The molecule has 3 atom stereocenters. The van der Waals surface area contributed by atoms with Gasteiger partial charge in [-0.05, 0) is 69.1 Å². The minimum atomic E-state index is -0.353. The van der Waals surface area contributed by atoms with E-state index in [1.165, 1.54) is 38.0 Å². The average Bonchev–Trinajstić information content (AvgIpc) is 3.83. The fourth-order valence-corrected chi connectivity index (χ4v) is 7.75. The van der Waals surface area contributed by atoms with E-state index in [-0.39, 0.29) is 30.0 Å². The zero-order chi connectivity index (χ0) is 31.6. The number of phenolic OH excluding ortho intramolecular Hbond substituents is 1. The SMILES string of the molecule is CCCCC1OC(CCc2ccc(O)c(OCC3(C4=C[C+]([C@H](CNC[C@H](C)O)C5CCCC5)C=N4)CCCCC3)c2)=C[C-]1CO. The summed E-state index contributed by atoms with van der Waals surface area (Å²) in [4.78, 5) is 5.05. The van der Waals surface area contributed by atoms with Crippen molar-refractivity contribution >= 4 is 6.21 Å². The molecule has 0 radical (unpaired) electrons.